The van der Waals surface area contributed by atoms with Crippen molar-refractivity contribution in [1.82, 2.24) is 4.57 Å². The fourth-order valence-corrected chi connectivity index (χ4v) is 2.94. The third-order valence-corrected chi connectivity index (χ3v) is 4.69. The Kier molecular flexibility index (Phi) is 5.17. The number of aliphatic imine (C=N–C) groups is 1. The second-order valence-corrected chi connectivity index (χ2v) is 6.37. The molecule has 0 radical (unpaired) electrons. The van der Waals surface area contributed by atoms with E-state index in [1.54, 1.807) is 25.1 Å². The van der Waals surface area contributed by atoms with E-state index in [2.05, 4.69) is 4.99 Å². The van der Waals surface area contributed by atoms with Crippen molar-refractivity contribution in [2.75, 3.05) is 13.2 Å². The Balaban J connectivity index is 2.08. The molecule has 3 rings (SSSR count). The summed E-state index contributed by atoms with van der Waals surface area (Å²) in [5.41, 5.74) is 0.884. The molecule has 140 valence electrons. The van der Waals surface area contributed by atoms with Gasteiger partial charge in [-0.3, -0.25) is 14.4 Å². The van der Waals surface area contributed by atoms with Crippen LogP contribution in [0.1, 0.15) is 43.0 Å². The van der Waals surface area contributed by atoms with Crippen LogP contribution in [0, 0.1) is 18.3 Å². The van der Waals surface area contributed by atoms with Crippen molar-refractivity contribution in [2.24, 2.45) is 4.99 Å². The van der Waals surface area contributed by atoms with Crippen LogP contribution in [-0.4, -0.2) is 29.1 Å². The largest absolute Gasteiger partial charge is 0.494 e. The molecular weight excluding hydrogens is 346 g/mol. The molecule has 1 aliphatic rings. The van der Waals surface area contributed by atoms with Gasteiger partial charge in [-0.1, -0.05) is 6.92 Å². The smallest absolute Gasteiger partial charge is 0.271 e. The minimum atomic E-state index is -0.488. The minimum Gasteiger partial charge on any atom is -0.494 e. The lowest BCUT2D eigenvalue weighted by molar-refractivity contribution is 0.171. The zero-order valence-corrected chi connectivity index (χ0v) is 15.5. The van der Waals surface area contributed by atoms with Gasteiger partial charge in [0.1, 0.15) is 24.8 Å². The number of pyridine rings is 1. The number of nitriles is 1. The Labute approximate surface area is 157 Å². The van der Waals surface area contributed by atoms with E-state index in [9.17, 15) is 15.2 Å². The molecule has 1 aromatic carbocycles. The predicted octanol–water partition coefficient (Wildman–Crippen LogP) is 3.23. The summed E-state index contributed by atoms with van der Waals surface area (Å²) >= 11 is 0. The first-order valence-electron chi connectivity index (χ1n) is 8.79. The monoisotopic (exact) mass is 367 g/mol. The summed E-state index contributed by atoms with van der Waals surface area (Å²) in [6, 6.07) is 6.99. The van der Waals surface area contributed by atoms with E-state index in [1.165, 1.54) is 10.8 Å². The van der Waals surface area contributed by atoms with E-state index in [0.717, 1.165) is 0 Å². The molecule has 0 spiro atoms. The predicted molar refractivity (Wildman–Crippen MR) is 102 cm³/mol. The lowest BCUT2D eigenvalue weighted by atomic mass is 10.0. The molecule has 27 heavy (non-hydrogen) atoms. The van der Waals surface area contributed by atoms with E-state index in [-0.39, 0.29) is 17.5 Å². The standard InChI is InChI=1S/C20H21N3O4/c1-4-12(2)23-19(24)15(10-21)13(3)16(20(23)25)11-22-14-5-6-17-18(9-14)27-8-7-26-17/h5-6,9,11-12,25H,4,7-8H2,1-3H3/t12-/m0/s1. The molecule has 0 saturated carbocycles. The Morgan fingerprint density at radius 2 is 2.07 bits per heavy atom. The van der Waals surface area contributed by atoms with E-state index >= 15 is 0 Å². The normalized spacial score (nSPS) is 14.1. The quantitative estimate of drug-likeness (QED) is 0.837. The molecule has 1 aliphatic heterocycles. The fourth-order valence-electron chi connectivity index (χ4n) is 2.94. The van der Waals surface area contributed by atoms with Gasteiger partial charge in [0, 0.05) is 18.3 Å². The zero-order valence-electron chi connectivity index (χ0n) is 15.5. The minimum absolute atomic E-state index is 0.0109. The number of hydrogen-bond donors (Lipinski definition) is 1. The number of nitrogens with zero attached hydrogens (tertiary/aromatic N) is 3. The number of aromatic hydroxyl groups is 1. The maximum atomic E-state index is 12.5. The van der Waals surface area contributed by atoms with E-state index in [4.69, 9.17) is 9.47 Å². The van der Waals surface area contributed by atoms with Crippen LogP contribution in [-0.2, 0) is 0 Å². The molecule has 0 amide bonds. The average Bonchev–Trinajstić information content (AvgIpc) is 2.67. The Hall–Kier alpha value is -3.27. The van der Waals surface area contributed by atoms with Crippen LogP contribution in [0.25, 0.3) is 0 Å². The Bertz CT molecular complexity index is 1000. The molecule has 1 aromatic heterocycles. The summed E-state index contributed by atoms with van der Waals surface area (Å²) in [4.78, 5) is 16.9. The van der Waals surface area contributed by atoms with E-state index in [0.29, 0.717) is 47.9 Å². The Morgan fingerprint density at radius 3 is 2.74 bits per heavy atom. The van der Waals surface area contributed by atoms with E-state index < -0.39 is 5.56 Å². The zero-order chi connectivity index (χ0) is 19.6. The fraction of sp³-hybridized carbons (Fsp3) is 0.350. The molecule has 0 unspecified atom stereocenters. The SMILES string of the molecule is CC[C@H](C)n1c(O)c(C=Nc2ccc3c(c2)OCCO3)c(C)c(C#N)c1=O. The number of aromatic nitrogens is 1. The van der Waals surface area contributed by atoms with Crippen LogP contribution in [0.3, 0.4) is 0 Å². The molecule has 0 aliphatic carbocycles. The number of rotatable bonds is 4. The molecule has 0 bridgehead atoms. The average molecular weight is 367 g/mol. The van der Waals surface area contributed by atoms with Gasteiger partial charge in [0.25, 0.3) is 5.56 Å². The number of hydrogen-bond acceptors (Lipinski definition) is 6. The van der Waals surface area contributed by atoms with Gasteiger partial charge in [-0.05, 0) is 38.0 Å². The molecule has 7 heteroatoms. The summed E-state index contributed by atoms with van der Waals surface area (Å²) in [6.45, 7) is 6.35. The molecule has 7 nitrogen and oxygen atoms in total. The second kappa shape index (κ2) is 7.54. The van der Waals surface area contributed by atoms with Crippen LogP contribution in [0.5, 0.6) is 17.4 Å². The third kappa shape index (κ3) is 3.38. The first-order chi connectivity index (χ1) is 13.0. The summed E-state index contributed by atoms with van der Waals surface area (Å²) in [5, 5.41) is 20.1. The Morgan fingerprint density at radius 1 is 1.37 bits per heavy atom. The van der Waals surface area contributed by atoms with Crippen molar-refractivity contribution in [3.8, 4) is 23.4 Å². The molecule has 1 N–H and O–H groups in total. The highest BCUT2D eigenvalue weighted by Gasteiger charge is 2.20. The molecule has 2 aromatic rings. The van der Waals surface area contributed by atoms with Crippen molar-refractivity contribution in [3.05, 3.63) is 45.2 Å². The van der Waals surface area contributed by atoms with Crippen LogP contribution in [0.2, 0.25) is 0 Å². The lowest BCUT2D eigenvalue weighted by Crippen LogP contribution is -2.27. The first-order valence-corrected chi connectivity index (χ1v) is 8.79. The molecule has 1 atom stereocenters. The van der Waals surface area contributed by atoms with Gasteiger partial charge >= 0.3 is 0 Å². The molecule has 0 saturated heterocycles. The van der Waals surface area contributed by atoms with Gasteiger partial charge in [-0.15, -0.1) is 0 Å². The van der Waals surface area contributed by atoms with Gasteiger partial charge in [-0.25, -0.2) is 0 Å². The summed E-state index contributed by atoms with van der Waals surface area (Å²) in [6.07, 6.45) is 2.11. The van der Waals surface area contributed by atoms with Crippen LogP contribution < -0.4 is 15.0 Å². The van der Waals surface area contributed by atoms with Gasteiger partial charge in [0.15, 0.2) is 11.5 Å². The summed E-state index contributed by atoms with van der Waals surface area (Å²) in [5.74, 6) is 1.09. The molecule has 0 fully saturated rings. The lowest BCUT2D eigenvalue weighted by Gasteiger charge is -2.19. The van der Waals surface area contributed by atoms with Crippen molar-refractivity contribution in [3.63, 3.8) is 0 Å². The van der Waals surface area contributed by atoms with Crippen molar-refractivity contribution >= 4 is 11.9 Å². The van der Waals surface area contributed by atoms with Crippen LogP contribution in [0.4, 0.5) is 5.69 Å². The highest BCUT2D eigenvalue weighted by atomic mass is 16.6. The number of ether oxygens (including phenoxy) is 2. The molecule has 2 heterocycles. The summed E-state index contributed by atoms with van der Waals surface area (Å²) in [7, 11) is 0. The second-order valence-electron chi connectivity index (χ2n) is 6.37. The van der Waals surface area contributed by atoms with Gasteiger partial charge in [0.2, 0.25) is 5.88 Å². The van der Waals surface area contributed by atoms with Gasteiger partial charge in [0.05, 0.1) is 11.3 Å². The van der Waals surface area contributed by atoms with Crippen molar-refractivity contribution in [1.29, 1.82) is 5.26 Å². The highest BCUT2D eigenvalue weighted by molar-refractivity contribution is 5.87. The summed E-state index contributed by atoms with van der Waals surface area (Å²) < 4.78 is 12.3. The van der Waals surface area contributed by atoms with Crippen LogP contribution >= 0.6 is 0 Å². The maximum absolute atomic E-state index is 12.5. The van der Waals surface area contributed by atoms with Crippen LogP contribution in [0.15, 0.2) is 28.0 Å². The maximum Gasteiger partial charge on any atom is 0.271 e. The van der Waals surface area contributed by atoms with Crippen molar-refractivity contribution < 1.29 is 14.6 Å². The van der Waals surface area contributed by atoms with Gasteiger partial charge < -0.3 is 14.6 Å². The third-order valence-electron chi connectivity index (χ3n) is 4.69. The highest BCUT2D eigenvalue weighted by Crippen LogP contribution is 2.34. The number of fused-ring (bicyclic) bond motifs is 1. The molecular formula is C20H21N3O4. The topological polar surface area (TPSA) is 96.8 Å². The van der Waals surface area contributed by atoms with Crippen molar-refractivity contribution in [2.45, 2.75) is 33.2 Å². The van der Waals surface area contributed by atoms with E-state index in [1.807, 2.05) is 19.9 Å². The van der Waals surface area contributed by atoms with Gasteiger partial charge in [-0.2, -0.15) is 5.26 Å². The first kappa shape index (κ1) is 18.5. The number of benzene rings is 1.